The molecule has 0 bridgehead atoms. The predicted molar refractivity (Wildman–Crippen MR) is 155 cm³/mol. The lowest BCUT2D eigenvalue weighted by molar-refractivity contribution is -0.140. The molecule has 1 N–H and O–H groups in total. The van der Waals surface area contributed by atoms with Crippen molar-refractivity contribution in [3.8, 4) is 5.75 Å². The van der Waals surface area contributed by atoms with Crippen molar-refractivity contribution in [1.82, 2.24) is 9.80 Å². The molecule has 0 aliphatic carbocycles. The van der Waals surface area contributed by atoms with E-state index in [9.17, 15) is 14.7 Å². The Bertz CT molecular complexity index is 1370. The van der Waals surface area contributed by atoms with Gasteiger partial charge in [-0.25, -0.2) is 0 Å². The summed E-state index contributed by atoms with van der Waals surface area (Å²) in [5, 5.41) is 11.5. The van der Waals surface area contributed by atoms with Gasteiger partial charge in [0.15, 0.2) is 0 Å². The lowest BCUT2D eigenvalue weighted by Crippen LogP contribution is -2.35. The number of ether oxygens (including phenoxy) is 1. The number of hydrogen-bond donors (Lipinski definition) is 1. The van der Waals surface area contributed by atoms with Crippen LogP contribution in [0.4, 0.5) is 0 Å². The number of rotatable bonds is 8. The largest absolute Gasteiger partial charge is 0.507 e. The maximum Gasteiger partial charge on any atom is 0.295 e. The Morgan fingerprint density at radius 1 is 0.974 bits per heavy atom. The number of amides is 1. The quantitative estimate of drug-likeness (QED) is 0.226. The fourth-order valence-corrected chi connectivity index (χ4v) is 4.78. The number of carbonyl (C=O) groups excluding carboxylic acids is 2. The van der Waals surface area contributed by atoms with E-state index in [1.54, 1.807) is 23.1 Å². The van der Waals surface area contributed by atoms with Crippen LogP contribution in [0.1, 0.15) is 54.6 Å². The Hall–Kier alpha value is -3.90. The van der Waals surface area contributed by atoms with E-state index < -0.39 is 17.7 Å². The number of carbonyl (C=O) groups is 2. The number of aliphatic hydroxyl groups is 1. The molecule has 1 aliphatic heterocycles. The molecule has 39 heavy (non-hydrogen) atoms. The lowest BCUT2D eigenvalue weighted by atomic mass is 9.85. The number of benzene rings is 3. The molecule has 1 heterocycles. The highest BCUT2D eigenvalue weighted by molar-refractivity contribution is 6.46. The Morgan fingerprint density at radius 2 is 1.64 bits per heavy atom. The maximum absolute atomic E-state index is 13.3. The topological polar surface area (TPSA) is 70.1 Å². The van der Waals surface area contributed by atoms with E-state index in [4.69, 9.17) is 4.74 Å². The van der Waals surface area contributed by atoms with Crippen LogP contribution < -0.4 is 4.74 Å². The Balaban J connectivity index is 1.71. The molecule has 0 saturated carbocycles. The van der Waals surface area contributed by atoms with Gasteiger partial charge in [-0.15, -0.1) is 0 Å². The van der Waals surface area contributed by atoms with Crippen LogP contribution in [-0.2, 0) is 21.6 Å². The summed E-state index contributed by atoms with van der Waals surface area (Å²) in [4.78, 5) is 30.1. The van der Waals surface area contributed by atoms with Gasteiger partial charge in [0.25, 0.3) is 11.7 Å². The molecule has 3 aromatic carbocycles. The second-order valence-electron chi connectivity index (χ2n) is 11.4. The SMILES string of the molecule is Cc1cc(C(O)=C2C(=O)C(=O)N(CCN(C)C)[C@@H]2c2ccc(C(C)(C)C)cc2)ccc1OCc1ccccc1. The summed E-state index contributed by atoms with van der Waals surface area (Å²) in [6.07, 6.45) is 0. The summed E-state index contributed by atoms with van der Waals surface area (Å²) >= 11 is 0. The first-order valence-electron chi connectivity index (χ1n) is 13.3. The van der Waals surface area contributed by atoms with Gasteiger partial charge < -0.3 is 19.6 Å². The van der Waals surface area contributed by atoms with Crippen molar-refractivity contribution in [2.24, 2.45) is 0 Å². The Morgan fingerprint density at radius 3 is 2.23 bits per heavy atom. The number of Topliss-reactive ketones (excluding diaryl/α,β-unsaturated/α-hetero) is 1. The third-order valence-electron chi connectivity index (χ3n) is 7.11. The molecule has 1 amide bonds. The second-order valence-corrected chi connectivity index (χ2v) is 11.4. The summed E-state index contributed by atoms with van der Waals surface area (Å²) in [6, 6.07) is 22.5. The molecule has 3 aromatic rings. The van der Waals surface area contributed by atoms with Gasteiger partial charge in [-0.2, -0.15) is 0 Å². The fraction of sp³-hybridized carbons (Fsp3) is 0.333. The van der Waals surface area contributed by atoms with Crippen molar-refractivity contribution >= 4 is 17.4 Å². The zero-order valence-electron chi connectivity index (χ0n) is 23.7. The highest BCUT2D eigenvalue weighted by atomic mass is 16.5. The van der Waals surface area contributed by atoms with Gasteiger partial charge in [0, 0.05) is 18.7 Å². The van der Waals surface area contributed by atoms with Gasteiger partial charge in [-0.3, -0.25) is 9.59 Å². The maximum atomic E-state index is 13.3. The first-order chi connectivity index (χ1) is 18.5. The molecule has 1 fully saturated rings. The first-order valence-corrected chi connectivity index (χ1v) is 13.3. The molecule has 4 rings (SSSR count). The van der Waals surface area contributed by atoms with E-state index in [1.165, 1.54) is 0 Å². The van der Waals surface area contributed by atoms with E-state index in [2.05, 4.69) is 20.8 Å². The molecular weight excluding hydrogens is 488 g/mol. The number of nitrogens with zero attached hydrogens (tertiary/aromatic N) is 2. The summed E-state index contributed by atoms with van der Waals surface area (Å²) in [5.74, 6) is -0.750. The molecule has 0 spiro atoms. The van der Waals surface area contributed by atoms with Crippen LogP contribution in [0.15, 0.2) is 78.4 Å². The average molecular weight is 527 g/mol. The molecule has 1 atom stereocenters. The first kappa shape index (κ1) is 28.1. The summed E-state index contributed by atoms with van der Waals surface area (Å²) in [7, 11) is 3.85. The normalized spacial score (nSPS) is 17.2. The van der Waals surface area contributed by atoms with Gasteiger partial charge in [-0.1, -0.05) is 75.4 Å². The summed E-state index contributed by atoms with van der Waals surface area (Å²) in [5.41, 5.74) is 4.37. The number of aryl methyl sites for hydroxylation is 1. The molecule has 0 radical (unpaired) electrons. The van der Waals surface area contributed by atoms with Gasteiger partial charge in [-0.05, 0) is 66.9 Å². The Labute approximate surface area is 231 Å². The predicted octanol–water partition coefficient (Wildman–Crippen LogP) is 5.85. The minimum absolute atomic E-state index is 0.0346. The van der Waals surface area contributed by atoms with Crippen molar-refractivity contribution in [2.45, 2.75) is 45.8 Å². The fourth-order valence-electron chi connectivity index (χ4n) is 4.78. The van der Waals surface area contributed by atoms with E-state index in [1.807, 2.05) is 80.5 Å². The van der Waals surface area contributed by atoms with Crippen LogP contribution in [0, 0.1) is 6.92 Å². The average Bonchev–Trinajstić information content (AvgIpc) is 3.15. The molecule has 1 aliphatic rings. The molecule has 0 aromatic heterocycles. The van der Waals surface area contributed by atoms with Crippen molar-refractivity contribution in [1.29, 1.82) is 0 Å². The van der Waals surface area contributed by atoms with Crippen LogP contribution >= 0.6 is 0 Å². The lowest BCUT2D eigenvalue weighted by Gasteiger charge is -2.27. The zero-order valence-corrected chi connectivity index (χ0v) is 23.7. The van der Waals surface area contributed by atoms with Crippen molar-refractivity contribution < 1.29 is 19.4 Å². The van der Waals surface area contributed by atoms with Gasteiger partial charge in [0.05, 0.1) is 11.6 Å². The van der Waals surface area contributed by atoms with Crippen molar-refractivity contribution in [3.05, 3.63) is 106 Å². The van der Waals surface area contributed by atoms with Crippen LogP contribution in [0.5, 0.6) is 5.75 Å². The summed E-state index contributed by atoms with van der Waals surface area (Å²) in [6.45, 7) is 9.70. The monoisotopic (exact) mass is 526 g/mol. The van der Waals surface area contributed by atoms with Crippen molar-refractivity contribution in [3.63, 3.8) is 0 Å². The van der Waals surface area contributed by atoms with Gasteiger partial charge in [0.2, 0.25) is 0 Å². The molecule has 6 heteroatoms. The minimum Gasteiger partial charge on any atom is -0.507 e. The Kier molecular flexibility index (Phi) is 8.26. The molecular formula is C33H38N2O4. The van der Waals surface area contributed by atoms with Crippen molar-refractivity contribution in [2.75, 3.05) is 27.2 Å². The molecule has 6 nitrogen and oxygen atoms in total. The number of ketones is 1. The third-order valence-corrected chi connectivity index (χ3v) is 7.11. The standard InChI is InChI=1S/C33H38N2O4/c1-22-20-25(14-17-27(22)39-21-23-10-8-7-9-11-23)30(36)28-29(24-12-15-26(16-13-24)33(2,3)4)35(19-18-34(5)6)32(38)31(28)37/h7-17,20,29,36H,18-19,21H2,1-6H3/t29-/m1/s1. The summed E-state index contributed by atoms with van der Waals surface area (Å²) < 4.78 is 5.99. The number of hydrogen-bond acceptors (Lipinski definition) is 5. The highest BCUT2D eigenvalue weighted by Gasteiger charge is 2.46. The molecule has 204 valence electrons. The van der Waals surface area contributed by atoms with Crippen LogP contribution in [0.3, 0.4) is 0 Å². The highest BCUT2D eigenvalue weighted by Crippen LogP contribution is 2.40. The number of aliphatic hydroxyl groups excluding tert-OH is 1. The third kappa shape index (κ3) is 6.23. The number of likely N-dealkylation sites (N-methyl/N-ethyl adjacent to an activating group) is 1. The minimum atomic E-state index is -0.673. The van der Waals surface area contributed by atoms with Gasteiger partial charge >= 0.3 is 0 Å². The van der Waals surface area contributed by atoms with E-state index in [0.29, 0.717) is 31.0 Å². The van der Waals surface area contributed by atoms with Gasteiger partial charge in [0.1, 0.15) is 18.1 Å². The van der Waals surface area contributed by atoms with Crippen LogP contribution in [0.2, 0.25) is 0 Å². The van der Waals surface area contributed by atoms with E-state index in [0.717, 1.165) is 22.3 Å². The smallest absolute Gasteiger partial charge is 0.295 e. The number of likely N-dealkylation sites (tertiary alicyclic amines) is 1. The second kappa shape index (κ2) is 11.5. The molecule has 0 unspecified atom stereocenters. The zero-order chi connectivity index (χ0) is 28.3. The molecule has 1 saturated heterocycles. The van der Waals surface area contributed by atoms with Crippen LogP contribution in [0.25, 0.3) is 5.76 Å². The van der Waals surface area contributed by atoms with E-state index in [-0.39, 0.29) is 16.7 Å². The van der Waals surface area contributed by atoms with Crippen LogP contribution in [-0.4, -0.2) is 53.8 Å². The van der Waals surface area contributed by atoms with E-state index >= 15 is 0 Å².